The molecule has 1 rings (SSSR count). The van der Waals surface area contributed by atoms with Crippen LogP contribution in [-0.4, -0.2) is 10.7 Å². The Bertz CT molecular complexity index is 461. The molecule has 4 nitrogen and oxygen atoms in total. The third-order valence-electron chi connectivity index (χ3n) is 1.85. The van der Waals surface area contributed by atoms with Crippen LogP contribution in [0.25, 0.3) is 6.08 Å². The largest absolute Gasteiger partial charge is 0.295 e. The molecule has 0 aliphatic carbocycles. The number of nitro groups is 1. The van der Waals surface area contributed by atoms with E-state index in [1.54, 1.807) is 36.4 Å². The molecule has 0 saturated carbocycles. The maximum Gasteiger partial charge on any atom is 0.276 e. The maximum absolute atomic E-state index is 10.7. The van der Waals surface area contributed by atoms with Gasteiger partial charge in [-0.15, -0.1) is 0 Å². The minimum Gasteiger partial charge on any atom is -0.295 e. The Kier molecular flexibility index (Phi) is 4.15. The Hall–Kier alpha value is -2.23. The number of para-hydroxylation sites is 1. The molecule has 0 saturated heterocycles. The van der Waals surface area contributed by atoms with Gasteiger partial charge in [-0.05, 0) is 25.1 Å². The molecular formula is C12H11NO3. The molecule has 16 heavy (non-hydrogen) atoms. The number of rotatable bonds is 4. The van der Waals surface area contributed by atoms with Gasteiger partial charge in [0, 0.05) is 6.07 Å². The Morgan fingerprint density at radius 1 is 1.31 bits per heavy atom. The zero-order chi connectivity index (χ0) is 12.0. The smallest absolute Gasteiger partial charge is 0.276 e. The number of hydrogen-bond acceptors (Lipinski definition) is 3. The van der Waals surface area contributed by atoms with E-state index in [0.717, 1.165) is 0 Å². The third-order valence-corrected chi connectivity index (χ3v) is 1.85. The summed E-state index contributed by atoms with van der Waals surface area (Å²) in [6.07, 6.45) is 6.14. The fourth-order valence-corrected chi connectivity index (χ4v) is 1.15. The van der Waals surface area contributed by atoms with E-state index >= 15 is 0 Å². The zero-order valence-electron chi connectivity index (χ0n) is 8.79. The van der Waals surface area contributed by atoms with Crippen molar-refractivity contribution in [2.75, 3.05) is 0 Å². The molecule has 0 unspecified atom stereocenters. The van der Waals surface area contributed by atoms with Crippen LogP contribution in [0.3, 0.4) is 0 Å². The van der Waals surface area contributed by atoms with Crippen LogP contribution < -0.4 is 0 Å². The van der Waals surface area contributed by atoms with Crippen LogP contribution >= 0.6 is 0 Å². The van der Waals surface area contributed by atoms with Gasteiger partial charge in [0.1, 0.15) is 0 Å². The molecule has 0 aromatic heterocycles. The highest BCUT2D eigenvalue weighted by Crippen LogP contribution is 2.18. The second-order valence-electron chi connectivity index (χ2n) is 3.14. The van der Waals surface area contributed by atoms with E-state index in [1.807, 2.05) is 0 Å². The van der Waals surface area contributed by atoms with Gasteiger partial charge in [-0.2, -0.15) is 0 Å². The number of carbonyl (C=O) groups is 1. The molecule has 0 amide bonds. The maximum atomic E-state index is 10.7. The molecule has 0 heterocycles. The molecule has 0 radical (unpaired) electrons. The lowest BCUT2D eigenvalue weighted by atomic mass is 10.1. The van der Waals surface area contributed by atoms with E-state index in [1.165, 1.54) is 19.1 Å². The predicted octanol–water partition coefficient (Wildman–Crippen LogP) is 2.75. The van der Waals surface area contributed by atoms with E-state index in [2.05, 4.69) is 0 Å². The molecular weight excluding hydrogens is 206 g/mol. The van der Waals surface area contributed by atoms with E-state index in [-0.39, 0.29) is 11.5 Å². The minimum atomic E-state index is -0.436. The van der Waals surface area contributed by atoms with Crippen molar-refractivity contribution in [2.45, 2.75) is 6.92 Å². The summed E-state index contributed by atoms with van der Waals surface area (Å²) in [6, 6.07) is 6.42. The van der Waals surface area contributed by atoms with Gasteiger partial charge in [0.25, 0.3) is 5.69 Å². The van der Waals surface area contributed by atoms with Crippen molar-refractivity contribution in [2.24, 2.45) is 0 Å². The Morgan fingerprint density at radius 2 is 2.00 bits per heavy atom. The van der Waals surface area contributed by atoms with Gasteiger partial charge < -0.3 is 0 Å². The van der Waals surface area contributed by atoms with Gasteiger partial charge in [-0.3, -0.25) is 14.9 Å². The molecule has 4 heteroatoms. The zero-order valence-corrected chi connectivity index (χ0v) is 8.79. The van der Waals surface area contributed by atoms with Crippen molar-refractivity contribution >= 4 is 17.5 Å². The monoisotopic (exact) mass is 217 g/mol. The van der Waals surface area contributed by atoms with Gasteiger partial charge >= 0.3 is 0 Å². The summed E-state index contributed by atoms with van der Waals surface area (Å²) >= 11 is 0. The summed E-state index contributed by atoms with van der Waals surface area (Å²) in [5.74, 6) is -0.0628. The molecule has 0 aliphatic heterocycles. The first-order valence-corrected chi connectivity index (χ1v) is 4.70. The number of hydrogen-bond donors (Lipinski definition) is 0. The molecule has 1 aromatic rings. The second kappa shape index (κ2) is 5.60. The molecule has 0 spiro atoms. The Morgan fingerprint density at radius 3 is 2.62 bits per heavy atom. The number of benzene rings is 1. The number of carbonyl (C=O) groups excluding carboxylic acids is 1. The van der Waals surface area contributed by atoms with E-state index in [0.29, 0.717) is 5.56 Å². The van der Waals surface area contributed by atoms with E-state index < -0.39 is 4.92 Å². The van der Waals surface area contributed by atoms with Crippen LogP contribution in [0.5, 0.6) is 0 Å². The van der Waals surface area contributed by atoms with Gasteiger partial charge in [0.2, 0.25) is 0 Å². The lowest BCUT2D eigenvalue weighted by Gasteiger charge is -1.94. The van der Waals surface area contributed by atoms with Crippen LogP contribution in [0.4, 0.5) is 5.69 Å². The van der Waals surface area contributed by atoms with Crippen LogP contribution in [0, 0.1) is 10.1 Å². The fraction of sp³-hybridized carbons (Fsp3) is 0.0833. The lowest BCUT2D eigenvalue weighted by molar-refractivity contribution is -0.385. The molecule has 0 aliphatic rings. The van der Waals surface area contributed by atoms with Gasteiger partial charge in [0.15, 0.2) is 5.78 Å². The fourth-order valence-electron chi connectivity index (χ4n) is 1.15. The average Bonchev–Trinajstić information content (AvgIpc) is 2.24. The summed E-state index contributed by atoms with van der Waals surface area (Å²) in [7, 11) is 0. The minimum absolute atomic E-state index is 0.0509. The first-order valence-electron chi connectivity index (χ1n) is 4.70. The SMILES string of the molecule is CC(=O)C=CC=Cc1ccccc1[N+](=O)[O-]. The summed E-state index contributed by atoms with van der Waals surface area (Å²) in [6.45, 7) is 1.44. The highest BCUT2D eigenvalue weighted by molar-refractivity contribution is 5.87. The van der Waals surface area contributed by atoms with Crippen LogP contribution in [-0.2, 0) is 4.79 Å². The highest BCUT2D eigenvalue weighted by atomic mass is 16.6. The van der Waals surface area contributed by atoms with Crippen LogP contribution in [0.1, 0.15) is 12.5 Å². The van der Waals surface area contributed by atoms with Crippen molar-refractivity contribution in [1.82, 2.24) is 0 Å². The quantitative estimate of drug-likeness (QED) is 0.337. The van der Waals surface area contributed by atoms with Crippen molar-refractivity contribution in [3.8, 4) is 0 Å². The standard InChI is InChI=1S/C12H11NO3/c1-10(14)6-2-3-7-11-8-4-5-9-12(11)13(15)16/h2-9H,1H3. The predicted molar refractivity (Wildman–Crippen MR) is 62.0 cm³/mol. The number of allylic oxidation sites excluding steroid dienone is 3. The summed E-state index contributed by atoms with van der Waals surface area (Å²) in [5.41, 5.74) is 0.565. The number of nitrogens with zero attached hydrogens (tertiary/aromatic N) is 1. The second-order valence-corrected chi connectivity index (χ2v) is 3.14. The summed E-state index contributed by atoms with van der Waals surface area (Å²) in [5, 5.41) is 10.7. The van der Waals surface area contributed by atoms with Crippen molar-refractivity contribution in [3.63, 3.8) is 0 Å². The van der Waals surface area contributed by atoms with Gasteiger partial charge in [-0.1, -0.05) is 24.3 Å². The highest BCUT2D eigenvalue weighted by Gasteiger charge is 2.08. The molecule has 0 bridgehead atoms. The van der Waals surface area contributed by atoms with Crippen molar-refractivity contribution in [3.05, 3.63) is 58.2 Å². The number of nitro benzene ring substituents is 1. The normalized spacial score (nSPS) is 11.1. The van der Waals surface area contributed by atoms with Gasteiger partial charge in [0.05, 0.1) is 10.5 Å². The van der Waals surface area contributed by atoms with Crippen LogP contribution in [0.2, 0.25) is 0 Å². The third kappa shape index (κ3) is 3.49. The molecule has 0 fully saturated rings. The lowest BCUT2D eigenvalue weighted by Crippen LogP contribution is -1.90. The van der Waals surface area contributed by atoms with E-state index in [9.17, 15) is 14.9 Å². The van der Waals surface area contributed by atoms with Crippen molar-refractivity contribution < 1.29 is 9.72 Å². The first-order chi connectivity index (χ1) is 7.61. The topological polar surface area (TPSA) is 60.2 Å². The Labute approximate surface area is 93.1 Å². The Balaban J connectivity index is 2.89. The van der Waals surface area contributed by atoms with Crippen LogP contribution in [0.15, 0.2) is 42.5 Å². The number of ketones is 1. The van der Waals surface area contributed by atoms with Crippen molar-refractivity contribution in [1.29, 1.82) is 0 Å². The molecule has 1 aromatic carbocycles. The van der Waals surface area contributed by atoms with Gasteiger partial charge in [-0.25, -0.2) is 0 Å². The first kappa shape index (κ1) is 11.8. The molecule has 82 valence electrons. The molecule has 0 N–H and O–H groups in total. The summed E-state index contributed by atoms with van der Waals surface area (Å²) in [4.78, 5) is 20.8. The average molecular weight is 217 g/mol. The molecule has 0 atom stereocenters. The van der Waals surface area contributed by atoms with E-state index in [4.69, 9.17) is 0 Å². The summed E-state index contributed by atoms with van der Waals surface area (Å²) < 4.78 is 0.